The van der Waals surface area contributed by atoms with Crippen LogP contribution in [0.3, 0.4) is 0 Å². The number of allylic oxidation sites excluding steroid dienone is 2. The maximum atomic E-state index is 2.37. The van der Waals surface area contributed by atoms with Gasteiger partial charge in [0.05, 0.1) is 0 Å². The van der Waals surface area contributed by atoms with Crippen molar-refractivity contribution in [3.8, 4) is 0 Å². The molecule has 0 saturated heterocycles. The van der Waals surface area contributed by atoms with Crippen molar-refractivity contribution in [3.05, 3.63) is 11.6 Å². The van der Waals surface area contributed by atoms with Crippen molar-refractivity contribution in [1.82, 2.24) is 0 Å². The van der Waals surface area contributed by atoms with E-state index in [4.69, 9.17) is 0 Å². The van der Waals surface area contributed by atoms with Gasteiger partial charge in [-0.15, -0.1) is 0 Å². The first-order valence-corrected chi connectivity index (χ1v) is 3.53. The average molecular weight is 110 g/mol. The third-order valence-corrected chi connectivity index (χ3v) is 1.91. The second-order valence-corrected chi connectivity index (χ2v) is 2.67. The minimum Gasteiger partial charge on any atom is -0.0845 e. The number of hydrogen-bond donors (Lipinski definition) is 0. The largest absolute Gasteiger partial charge is 0.0845 e. The summed E-state index contributed by atoms with van der Waals surface area (Å²) in [7, 11) is 0. The molecule has 1 atom stereocenters. The van der Waals surface area contributed by atoms with Crippen molar-refractivity contribution >= 4 is 0 Å². The second-order valence-electron chi connectivity index (χ2n) is 2.67. The van der Waals surface area contributed by atoms with Gasteiger partial charge in [0.15, 0.2) is 0 Å². The van der Waals surface area contributed by atoms with Crippen LogP contribution in [0.5, 0.6) is 0 Å². The van der Waals surface area contributed by atoms with Gasteiger partial charge in [-0.25, -0.2) is 0 Å². The summed E-state index contributed by atoms with van der Waals surface area (Å²) in [6.45, 7) is 4.55. The van der Waals surface area contributed by atoms with E-state index in [2.05, 4.69) is 19.9 Å². The van der Waals surface area contributed by atoms with Gasteiger partial charge in [-0.05, 0) is 18.8 Å². The first kappa shape index (κ1) is 5.87. The Labute approximate surface area is 51.6 Å². The van der Waals surface area contributed by atoms with E-state index in [0.717, 1.165) is 5.92 Å². The summed E-state index contributed by atoms with van der Waals surface area (Å²) in [6, 6.07) is 0. The summed E-state index contributed by atoms with van der Waals surface area (Å²) in [5, 5.41) is 0. The normalized spacial score (nSPS) is 26.8. The van der Waals surface area contributed by atoms with Crippen molar-refractivity contribution in [1.29, 1.82) is 0 Å². The van der Waals surface area contributed by atoms with Crippen LogP contribution in [0.2, 0.25) is 0 Å². The summed E-state index contributed by atoms with van der Waals surface area (Å²) in [4.78, 5) is 0. The van der Waals surface area contributed by atoms with Crippen LogP contribution < -0.4 is 0 Å². The summed E-state index contributed by atoms with van der Waals surface area (Å²) in [6.07, 6.45) is 6.35. The first-order chi connectivity index (χ1) is 3.84. The van der Waals surface area contributed by atoms with Crippen molar-refractivity contribution in [2.24, 2.45) is 5.92 Å². The van der Waals surface area contributed by atoms with E-state index in [1.54, 1.807) is 5.57 Å². The van der Waals surface area contributed by atoms with Crippen molar-refractivity contribution in [2.45, 2.75) is 33.1 Å². The zero-order valence-corrected chi connectivity index (χ0v) is 5.78. The molecule has 0 fully saturated rings. The van der Waals surface area contributed by atoms with Crippen LogP contribution in [-0.4, -0.2) is 0 Å². The molecule has 1 unspecified atom stereocenters. The van der Waals surface area contributed by atoms with Gasteiger partial charge in [0.2, 0.25) is 0 Å². The van der Waals surface area contributed by atoms with Gasteiger partial charge in [-0.3, -0.25) is 0 Å². The van der Waals surface area contributed by atoms with Crippen LogP contribution in [0, 0.1) is 5.92 Å². The molecule has 0 bridgehead atoms. The van der Waals surface area contributed by atoms with Crippen LogP contribution in [0.1, 0.15) is 33.1 Å². The fourth-order valence-electron chi connectivity index (χ4n) is 1.16. The van der Waals surface area contributed by atoms with Gasteiger partial charge < -0.3 is 0 Å². The highest BCUT2D eigenvalue weighted by molar-refractivity contribution is 5.16. The van der Waals surface area contributed by atoms with E-state index >= 15 is 0 Å². The molecule has 0 aromatic carbocycles. The SMILES string of the molecule is CCCC1=CCC1C. The Morgan fingerprint density at radius 2 is 2.50 bits per heavy atom. The van der Waals surface area contributed by atoms with Crippen LogP contribution in [0.15, 0.2) is 11.6 Å². The van der Waals surface area contributed by atoms with E-state index in [9.17, 15) is 0 Å². The summed E-state index contributed by atoms with van der Waals surface area (Å²) in [5.74, 6) is 0.912. The Morgan fingerprint density at radius 3 is 2.62 bits per heavy atom. The molecule has 0 aliphatic heterocycles. The van der Waals surface area contributed by atoms with Crippen molar-refractivity contribution < 1.29 is 0 Å². The first-order valence-electron chi connectivity index (χ1n) is 3.53. The molecule has 0 N–H and O–H groups in total. The lowest BCUT2D eigenvalue weighted by atomic mass is 9.84. The van der Waals surface area contributed by atoms with E-state index in [-0.39, 0.29) is 0 Å². The Morgan fingerprint density at radius 1 is 1.75 bits per heavy atom. The molecule has 0 saturated carbocycles. The van der Waals surface area contributed by atoms with E-state index in [1.807, 2.05) is 0 Å². The van der Waals surface area contributed by atoms with Gasteiger partial charge in [0.1, 0.15) is 0 Å². The molecule has 0 heterocycles. The quantitative estimate of drug-likeness (QED) is 0.479. The molecule has 1 aliphatic carbocycles. The lowest BCUT2D eigenvalue weighted by Crippen LogP contribution is -2.07. The molecule has 0 aromatic heterocycles. The highest BCUT2D eigenvalue weighted by atomic mass is 14.2. The lowest BCUT2D eigenvalue weighted by Gasteiger charge is -2.22. The van der Waals surface area contributed by atoms with Gasteiger partial charge in [-0.1, -0.05) is 31.9 Å². The predicted molar refractivity (Wildman–Crippen MR) is 36.8 cm³/mol. The smallest absolute Gasteiger partial charge is 0.0197 e. The molecule has 0 aromatic rings. The average Bonchev–Trinajstić information content (AvgIpc) is 1.79. The summed E-state index contributed by atoms with van der Waals surface area (Å²) < 4.78 is 0. The number of rotatable bonds is 2. The third kappa shape index (κ3) is 0.936. The van der Waals surface area contributed by atoms with Crippen LogP contribution in [-0.2, 0) is 0 Å². The Balaban J connectivity index is 2.26. The molecule has 46 valence electrons. The molecule has 0 heteroatoms. The Bertz CT molecular complexity index is 101. The molecule has 0 nitrogen and oxygen atoms in total. The van der Waals surface area contributed by atoms with Crippen LogP contribution >= 0.6 is 0 Å². The second kappa shape index (κ2) is 2.34. The van der Waals surface area contributed by atoms with Gasteiger partial charge in [-0.2, -0.15) is 0 Å². The Kier molecular flexibility index (Phi) is 1.72. The van der Waals surface area contributed by atoms with Gasteiger partial charge >= 0.3 is 0 Å². The molecular formula is C8H14. The fraction of sp³-hybridized carbons (Fsp3) is 0.750. The molecule has 8 heavy (non-hydrogen) atoms. The molecule has 1 aliphatic rings. The lowest BCUT2D eigenvalue weighted by molar-refractivity contribution is 0.582. The predicted octanol–water partition coefficient (Wildman–Crippen LogP) is 2.75. The zero-order valence-electron chi connectivity index (χ0n) is 5.78. The minimum absolute atomic E-state index is 0.912. The van der Waals surface area contributed by atoms with E-state index in [0.29, 0.717) is 0 Å². The van der Waals surface area contributed by atoms with Crippen LogP contribution in [0.25, 0.3) is 0 Å². The maximum absolute atomic E-state index is 2.37. The highest BCUT2D eigenvalue weighted by Gasteiger charge is 2.13. The fourth-order valence-corrected chi connectivity index (χ4v) is 1.16. The van der Waals surface area contributed by atoms with Gasteiger partial charge in [0.25, 0.3) is 0 Å². The third-order valence-electron chi connectivity index (χ3n) is 1.91. The molecule has 0 radical (unpaired) electrons. The molecule has 0 spiro atoms. The zero-order chi connectivity index (χ0) is 5.98. The van der Waals surface area contributed by atoms with Crippen molar-refractivity contribution in [2.75, 3.05) is 0 Å². The van der Waals surface area contributed by atoms with E-state index < -0.39 is 0 Å². The van der Waals surface area contributed by atoms with Crippen molar-refractivity contribution in [3.63, 3.8) is 0 Å². The summed E-state index contributed by atoms with van der Waals surface area (Å²) in [5.41, 5.74) is 1.69. The number of hydrogen-bond acceptors (Lipinski definition) is 0. The maximum Gasteiger partial charge on any atom is -0.0197 e. The van der Waals surface area contributed by atoms with Gasteiger partial charge in [0, 0.05) is 0 Å². The standard InChI is InChI=1S/C8H14/c1-3-4-8-6-5-7(8)2/h6-7H,3-5H2,1-2H3. The molecular weight excluding hydrogens is 96.1 g/mol. The summed E-state index contributed by atoms with van der Waals surface area (Å²) >= 11 is 0. The topological polar surface area (TPSA) is 0 Å². The highest BCUT2D eigenvalue weighted by Crippen LogP contribution is 2.29. The molecule has 0 amide bonds. The molecule has 1 rings (SSSR count). The monoisotopic (exact) mass is 110 g/mol. The Hall–Kier alpha value is -0.260. The minimum atomic E-state index is 0.912. The van der Waals surface area contributed by atoms with Crippen LogP contribution in [0.4, 0.5) is 0 Å². The van der Waals surface area contributed by atoms with E-state index in [1.165, 1.54) is 19.3 Å².